The molecule has 0 spiro atoms. The Kier molecular flexibility index (Phi) is 0.508. The van der Waals surface area contributed by atoms with Gasteiger partial charge in [-0.1, -0.05) is 11.1 Å². The van der Waals surface area contributed by atoms with Crippen LogP contribution < -0.4 is 0 Å². The monoisotopic (exact) mass is 132 g/mol. The predicted octanol–water partition coefficient (Wildman–Crippen LogP) is 2.36. The number of rotatable bonds is 0. The van der Waals surface area contributed by atoms with Crippen molar-refractivity contribution in [3.05, 3.63) is 11.1 Å². The van der Waals surface area contributed by atoms with Gasteiger partial charge in [0.05, 0.1) is 0 Å². The minimum Gasteiger partial charge on any atom is -0.0664 e. The average Bonchev–Trinajstić information content (AvgIpc) is 1.82. The van der Waals surface area contributed by atoms with Crippen LogP contribution in [0.25, 0.3) is 0 Å². The maximum absolute atomic E-state index is 1.92. The highest BCUT2D eigenvalue weighted by molar-refractivity contribution is 5.47. The van der Waals surface area contributed by atoms with Crippen LogP contribution in [-0.4, -0.2) is 0 Å². The largest absolute Gasteiger partial charge is 0.0664 e. The molecular formula is C10H12. The number of hydrogen-bond donors (Lipinski definition) is 0. The Balaban J connectivity index is 1.83. The van der Waals surface area contributed by atoms with Crippen molar-refractivity contribution in [2.75, 3.05) is 0 Å². The second-order valence-electron chi connectivity index (χ2n) is 4.51. The van der Waals surface area contributed by atoms with Gasteiger partial charge in [-0.25, -0.2) is 0 Å². The van der Waals surface area contributed by atoms with Crippen molar-refractivity contribution in [3.63, 3.8) is 0 Å². The molecule has 2 saturated carbocycles. The molecule has 0 aliphatic heterocycles. The van der Waals surface area contributed by atoms with E-state index in [1.165, 1.54) is 24.7 Å². The minimum atomic E-state index is 1.16. The van der Waals surface area contributed by atoms with Gasteiger partial charge in [0.15, 0.2) is 0 Å². The molecular weight excluding hydrogens is 120 g/mol. The fraction of sp³-hybridized carbons (Fsp3) is 0.800. The number of allylic oxidation sites excluding steroid dienone is 2. The summed E-state index contributed by atoms with van der Waals surface area (Å²) in [6.07, 6.45) is 6.12. The molecule has 0 bridgehead atoms. The Bertz CT molecular complexity index is 223. The molecule has 0 nitrogen and oxygen atoms in total. The third-order valence-electron chi connectivity index (χ3n) is 4.57. The highest BCUT2D eigenvalue weighted by Gasteiger charge is 2.64. The fourth-order valence-electron chi connectivity index (χ4n) is 3.86. The first kappa shape index (κ1) is 4.58. The van der Waals surface area contributed by atoms with E-state index < -0.39 is 0 Å². The van der Waals surface area contributed by atoms with E-state index >= 15 is 0 Å². The molecule has 0 saturated heterocycles. The van der Waals surface area contributed by atoms with Crippen LogP contribution in [0.5, 0.6) is 0 Å². The molecule has 2 fully saturated rings. The van der Waals surface area contributed by atoms with Crippen LogP contribution in [0.1, 0.15) is 25.7 Å². The Morgan fingerprint density at radius 2 is 1.30 bits per heavy atom. The van der Waals surface area contributed by atoms with Gasteiger partial charge < -0.3 is 0 Å². The lowest BCUT2D eigenvalue weighted by molar-refractivity contribution is -0.100. The third kappa shape index (κ3) is 0.247. The molecule has 4 aliphatic rings. The highest BCUT2D eigenvalue weighted by Crippen LogP contribution is 2.73. The smallest absolute Gasteiger partial charge is 0.0101 e. The molecule has 4 atom stereocenters. The normalized spacial score (nSPS) is 60.0. The molecule has 0 N–H and O–H groups in total. The van der Waals surface area contributed by atoms with E-state index in [1.54, 1.807) is 12.8 Å². The number of hydrogen-bond acceptors (Lipinski definition) is 0. The van der Waals surface area contributed by atoms with Gasteiger partial charge in [-0.2, -0.15) is 0 Å². The standard InChI is InChI=1S/C10H12/c1-2-6-5(1)9-7-3-4-8(7)10(6)9/h5-6,9-10H,1-4H2. The molecule has 10 heavy (non-hydrogen) atoms. The Morgan fingerprint density at radius 1 is 0.800 bits per heavy atom. The molecule has 0 heteroatoms. The summed E-state index contributed by atoms with van der Waals surface area (Å²) in [6.45, 7) is 0. The van der Waals surface area contributed by atoms with Gasteiger partial charge in [0.2, 0.25) is 0 Å². The second-order valence-corrected chi connectivity index (χ2v) is 4.51. The Labute approximate surface area is 61.3 Å². The average molecular weight is 132 g/mol. The van der Waals surface area contributed by atoms with Crippen molar-refractivity contribution in [1.82, 2.24) is 0 Å². The van der Waals surface area contributed by atoms with Gasteiger partial charge in [-0.15, -0.1) is 0 Å². The van der Waals surface area contributed by atoms with Crippen LogP contribution >= 0.6 is 0 Å². The maximum Gasteiger partial charge on any atom is -0.0101 e. The van der Waals surface area contributed by atoms with Crippen molar-refractivity contribution >= 4 is 0 Å². The zero-order valence-corrected chi connectivity index (χ0v) is 6.14. The van der Waals surface area contributed by atoms with E-state index in [-0.39, 0.29) is 0 Å². The van der Waals surface area contributed by atoms with Gasteiger partial charge in [0, 0.05) is 0 Å². The first-order valence-electron chi connectivity index (χ1n) is 4.68. The van der Waals surface area contributed by atoms with Crippen molar-refractivity contribution in [2.45, 2.75) is 25.7 Å². The predicted molar refractivity (Wildman–Crippen MR) is 39.5 cm³/mol. The van der Waals surface area contributed by atoms with Crippen molar-refractivity contribution in [2.24, 2.45) is 23.7 Å². The van der Waals surface area contributed by atoms with E-state index in [4.69, 9.17) is 0 Å². The molecule has 0 aromatic rings. The van der Waals surface area contributed by atoms with Crippen LogP contribution in [0.15, 0.2) is 11.1 Å². The summed E-state index contributed by atoms with van der Waals surface area (Å²) in [5.74, 6) is 4.71. The van der Waals surface area contributed by atoms with E-state index in [2.05, 4.69) is 0 Å². The quantitative estimate of drug-likeness (QED) is 0.444. The van der Waals surface area contributed by atoms with Gasteiger partial charge in [0.25, 0.3) is 0 Å². The lowest BCUT2D eigenvalue weighted by atomic mass is 9.34. The molecule has 4 aliphatic carbocycles. The van der Waals surface area contributed by atoms with Crippen LogP contribution in [0, 0.1) is 23.7 Å². The van der Waals surface area contributed by atoms with Crippen LogP contribution in [0.2, 0.25) is 0 Å². The van der Waals surface area contributed by atoms with Gasteiger partial charge >= 0.3 is 0 Å². The van der Waals surface area contributed by atoms with Crippen LogP contribution in [0.3, 0.4) is 0 Å². The van der Waals surface area contributed by atoms with Crippen molar-refractivity contribution in [3.8, 4) is 0 Å². The van der Waals surface area contributed by atoms with Crippen LogP contribution in [0.4, 0.5) is 0 Å². The van der Waals surface area contributed by atoms with E-state index in [0.717, 1.165) is 11.8 Å². The highest BCUT2D eigenvalue weighted by atomic mass is 14.7. The van der Waals surface area contributed by atoms with E-state index in [1.807, 2.05) is 11.1 Å². The number of fused-ring (bicyclic) bond motifs is 6. The topological polar surface area (TPSA) is 0 Å². The zero-order chi connectivity index (χ0) is 6.29. The van der Waals surface area contributed by atoms with E-state index in [9.17, 15) is 0 Å². The SMILES string of the molecule is C1CC2=C1C1C3CCC3C21. The molecule has 0 radical (unpaired) electrons. The molecule has 0 aromatic heterocycles. The summed E-state index contributed by atoms with van der Waals surface area (Å²) >= 11 is 0. The van der Waals surface area contributed by atoms with Crippen molar-refractivity contribution < 1.29 is 0 Å². The van der Waals surface area contributed by atoms with Crippen LogP contribution in [-0.2, 0) is 0 Å². The second kappa shape index (κ2) is 1.11. The fourth-order valence-corrected chi connectivity index (χ4v) is 3.86. The van der Waals surface area contributed by atoms with Gasteiger partial charge in [0.1, 0.15) is 0 Å². The summed E-state index contributed by atoms with van der Waals surface area (Å²) in [5.41, 5.74) is 3.84. The lowest BCUT2D eigenvalue weighted by Gasteiger charge is -2.70. The molecule has 0 heterocycles. The zero-order valence-electron chi connectivity index (χ0n) is 6.14. The van der Waals surface area contributed by atoms with Gasteiger partial charge in [-0.3, -0.25) is 0 Å². The third-order valence-corrected chi connectivity index (χ3v) is 4.57. The summed E-state index contributed by atoms with van der Waals surface area (Å²) in [7, 11) is 0. The summed E-state index contributed by atoms with van der Waals surface area (Å²) < 4.78 is 0. The minimum absolute atomic E-state index is 1.16. The first-order chi connectivity index (χ1) is 4.97. The molecule has 52 valence electrons. The Hall–Kier alpha value is -0.260. The Morgan fingerprint density at radius 3 is 1.60 bits per heavy atom. The molecule has 0 aromatic carbocycles. The first-order valence-corrected chi connectivity index (χ1v) is 4.68. The molecule has 0 amide bonds. The van der Waals surface area contributed by atoms with Crippen molar-refractivity contribution in [1.29, 1.82) is 0 Å². The lowest BCUT2D eigenvalue weighted by Crippen LogP contribution is -2.62. The van der Waals surface area contributed by atoms with Gasteiger partial charge in [-0.05, 0) is 49.4 Å². The summed E-state index contributed by atoms with van der Waals surface area (Å²) in [4.78, 5) is 0. The summed E-state index contributed by atoms with van der Waals surface area (Å²) in [5, 5.41) is 0. The maximum atomic E-state index is 1.92. The molecule has 4 unspecified atom stereocenters. The molecule has 4 rings (SSSR count). The van der Waals surface area contributed by atoms with E-state index in [0.29, 0.717) is 0 Å². The summed E-state index contributed by atoms with van der Waals surface area (Å²) in [6, 6.07) is 0.